The first-order valence-electron chi connectivity index (χ1n) is 9.67. The van der Waals surface area contributed by atoms with E-state index in [2.05, 4.69) is 4.74 Å². The highest BCUT2D eigenvalue weighted by atomic mass is 19.4. The molecule has 0 N–H and O–H groups in total. The Morgan fingerprint density at radius 2 is 1.80 bits per heavy atom. The molecule has 0 saturated heterocycles. The molecule has 1 aliphatic rings. The number of rotatable bonds is 8. The van der Waals surface area contributed by atoms with Gasteiger partial charge in [0.1, 0.15) is 5.75 Å². The summed E-state index contributed by atoms with van der Waals surface area (Å²) in [6, 6.07) is 10.7. The second-order valence-corrected chi connectivity index (χ2v) is 7.35. The molecule has 1 atom stereocenters. The first kappa shape index (κ1) is 22.1. The Morgan fingerprint density at radius 1 is 1.13 bits per heavy atom. The summed E-state index contributed by atoms with van der Waals surface area (Å²) in [4.78, 5) is 14.6. The summed E-state index contributed by atoms with van der Waals surface area (Å²) in [6.07, 6.45) is -2.21. The van der Waals surface area contributed by atoms with Crippen molar-refractivity contribution >= 4 is 5.91 Å². The highest BCUT2D eigenvalue weighted by molar-refractivity contribution is 5.77. The van der Waals surface area contributed by atoms with Crippen molar-refractivity contribution in [3.05, 3.63) is 65.2 Å². The molecule has 0 aromatic heterocycles. The molecule has 0 radical (unpaired) electrons. The van der Waals surface area contributed by atoms with E-state index >= 15 is 0 Å². The third-order valence-electron chi connectivity index (χ3n) is 5.12. The molecule has 3 nitrogen and oxygen atoms in total. The number of hydrogen-bond acceptors (Lipinski definition) is 2. The van der Waals surface area contributed by atoms with E-state index in [1.165, 1.54) is 18.2 Å². The fourth-order valence-corrected chi connectivity index (χ4v) is 3.44. The molecule has 30 heavy (non-hydrogen) atoms. The number of ether oxygens (including phenoxy) is 1. The van der Waals surface area contributed by atoms with Crippen molar-refractivity contribution in [2.45, 2.75) is 57.5 Å². The average Bonchev–Trinajstić information content (AvgIpc) is 3.51. The number of amides is 1. The Kier molecular flexibility index (Phi) is 6.63. The van der Waals surface area contributed by atoms with Crippen LogP contribution in [0.1, 0.15) is 48.9 Å². The number of halogens is 5. The topological polar surface area (TPSA) is 29.5 Å². The minimum absolute atomic E-state index is 0.0314. The van der Waals surface area contributed by atoms with Crippen LogP contribution in [0.5, 0.6) is 5.75 Å². The van der Waals surface area contributed by atoms with Gasteiger partial charge in [-0.15, -0.1) is 0 Å². The summed E-state index contributed by atoms with van der Waals surface area (Å²) in [5.74, 6) is -0.104. The molecule has 3 rings (SSSR count). The molecule has 1 amide bonds. The third-order valence-corrected chi connectivity index (χ3v) is 5.12. The lowest BCUT2D eigenvalue weighted by atomic mass is 10.0. The van der Waals surface area contributed by atoms with E-state index in [0.717, 1.165) is 30.5 Å². The molecular formula is C22H22F5NO2. The van der Waals surface area contributed by atoms with Crippen molar-refractivity contribution < 1.29 is 31.5 Å². The Balaban J connectivity index is 1.67. The van der Waals surface area contributed by atoms with E-state index in [0.29, 0.717) is 12.0 Å². The van der Waals surface area contributed by atoms with Gasteiger partial charge in [0.2, 0.25) is 5.91 Å². The van der Waals surface area contributed by atoms with Crippen LogP contribution in [0.15, 0.2) is 48.5 Å². The maximum absolute atomic E-state index is 13.0. The van der Waals surface area contributed by atoms with Crippen LogP contribution in [0.4, 0.5) is 22.0 Å². The molecule has 1 aliphatic carbocycles. The highest BCUT2D eigenvalue weighted by Crippen LogP contribution is 2.37. The van der Waals surface area contributed by atoms with Crippen LogP contribution in [-0.4, -0.2) is 23.5 Å². The number of alkyl halides is 5. The molecule has 0 bridgehead atoms. The smallest absolute Gasteiger partial charge is 0.416 e. The van der Waals surface area contributed by atoms with E-state index in [4.69, 9.17) is 0 Å². The van der Waals surface area contributed by atoms with E-state index in [1.807, 2.05) is 0 Å². The molecule has 1 fully saturated rings. The standard InChI is InChI=1S/C22H22F5NO2/c1-14(16-3-2-4-17(13-16)22(25,26)27)28(18-8-9-18)20(29)12-7-15-5-10-19(11-6-15)30-21(23)24/h2-6,10-11,13-14,18,21H,7-9,12H2,1H3. The van der Waals surface area contributed by atoms with Gasteiger partial charge in [-0.25, -0.2) is 0 Å². The van der Waals surface area contributed by atoms with Crippen molar-refractivity contribution in [3.8, 4) is 5.75 Å². The van der Waals surface area contributed by atoms with Gasteiger partial charge in [0.15, 0.2) is 0 Å². The molecule has 2 aromatic rings. The van der Waals surface area contributed by atoms with Crippen molar-refractivity contribution in [1.29, 1.82) is 0 Å². The predicted molar refractivity (Wildman–Crippen MR) is 101 cm³/mol. The van der Waals surface area contributed by atoms with E-state index < -0.39 is 24.4 Å². The first-order chi connectivity index (χ1) is 14.1. The Hall–Kier alpha value is -2.64. The van der Waals surface area contributed by atoms with E-state index in [9.17, 15) is 26.7 Å². The minimum atomic E-state index is -4.44. The SMILES string of the molecule is CC(c1cccc(C(F)(F)F)c1)N(C(=O)CCc1ccc(OC(F)F)cc1)C1CC1. The molecule has 0 spiro atoms. The van der Waals surface area contributed by atoms with Crippen LogP contribution in [0.3, 0.4) is 0 Å². The van der Waals surface area contributed by atoms with Crippen LogP contribution in [-0.2, 0) is 17.4 Å². The van der Waals surface area contributed by atoms with Crippen LogP contribution in [0.2, 0.25) is 0 Å². The normalized spacial score (nSPS) is 15.2. The summed E-state index contributed by atoms with van der Waals surface area (Å²) in [5, 5.41) is 0. The van der Waals surface area contributed by atoms with Crippen molar-refractivity contribution in [2.24, 2.45) is 0 Å². The van der Waals surface area contributed by atoms with Gasteiger partial charge in [0, 0.05) is 12.5 Å². The molecule has 1 unspecified atom stereocenters. The first-order valence-corrected chi connectivity index (χ1v) is 9.67. The number of nitrogens with zero attached hydrogens (tertiary/aromatic N) is 1. The number of benzene rings is 2. The summed E-state index contributed by atoms with van der Waals surface area (Å²) in [6.45, 7) is -1.16. The largest absolute Gasteiger partial charge is 0.435 e. The summed E-state index contributed by atoms with van der Waals surface area (Å²) in [7, 11) is 0. The zero-order valence-electron chi connectivity index (χ0n) is 16.3. The fraction of sp³-hybridized carbons (Fsp3) is 0.409. The lowest BCUT2D eigenvalue weighted by molar-refractivity contribution is -0.137. The van der Waals surface area contributed by atoms with Gasteiger partial charge in [0.25, 0.3) is 0 Å². The summed E-state index contributed by atoms with van der Waals surface area (Å²) >= 11 is 0. The number of carbonyl (C=O) groups is 1. The highest BCUT2D eigenvalue weighted by Gasteiger charge is 2.37. The van der Waals surface area contributed by atoms with Crippen LogP contribution < -0.4 is 4.74 Å². The number of aryl methyl sites for hydroxylation is 1. The Labute approximate surface area is 171 Å². The van der Waals surface area contributed by atoms with Gasteiger partial charge in [-0.1, -0.05) is 24.3 Å². The molecule has 8 heteroatoms. The maximum atomic E-state index is 13.0. The lowest BCUT2D eigenvalue weighted by Gasteiger charge is -2.30. The van der Waals surface area contributed by atoms with Gasteiger partial charge in [-0.05, 0) is 61.6 Å². The fourth-order valence-electron chi connectivity index (χ4n) is 3.44. The number of carbonyl (C=O) groups excluding carboxylic acids is 1. The van der Waals surface area contributed by atoms with Crippen LogP contribution in [0, 0.1) is 0 Å². The van der Waals surface area contributed by atoms with Gasteiger partial charge in [-0.3, -0.25) is 4.79 Å². The molecule has 0 heterocycles. The van der Waals surface area contributed by atoms with Crippen LogP contribution >= 0.6 is 0 Å². The predicted octanol–water partition coefficient (Wildman–Crippen LogP) is 5.99. The zero-order valence-corrected chi connectivity index (χ0v) is 16.3. The van der Waals surface area contributed by atoms with Crippen molar-refractivity contribution in [1.82, 2.24) is 4.90 Å². The van der Waals surface area contributed by atoms with Crippen molar-refractivity contribution in [2.75, 3.05) is 0 Å². The quantitative estimate of drug-likeness (QED) is 0.484. The maximum Gasteiger partial charge on any atom is 0.416 e. The van der Waals surface area contributed by atoms with Gasteiger partial charge < -0.3 is 9.64 Å². The average molecular weight is 427 g/mol. The van der Waals surface area contributed by atoms with Gasteiger partial charge in [0.05, 0.1) is 11.6 Å². The van der Waals surface area contributed by atoms with Gasteiger partial charge in [-0.2, -0.15) is 22.0 Å². The number of hydrogen-bond donors (Lipinski definition) is 0. The second kappa shape index (κ2) is 9.02. The monoisotopic (exact) mass is 427 g/mol. The van der Waals surface area contributed by atoms with Gasteiger partial charge >= 0.3 is 12.8 Å². The second-order valence-electron chi connectivity index (χ2n) is 7.35. The lowest BCUT2D eigenvalue weighted by Crippen LogP contribution is -2.35. The molecule has 162 valence electrons. The Bertz CT molecular complexity index is 863. The summed E-state index contributed by atoms with van der Waals surface area (Å²) in [5.41, 5.74) is 0.493. The molecule has 1 saturated carbocycles. The Morgan fingerprint density at radius 3 is 2.37 bits per heavy atom. The molecular weight excluding hydrogens is 405 g/mol. The summed E-state index contributed by atoms with van der Waals surface area (Å²) < 4.78 is 67.8. The molecule has 2 aromatic carbocycles. The molecule has 0 aliphatic heterocycles. The minimum Gasteiger partial charge on any atom is -0.435 e. The van der Waals surface area contributed by atoms with Crippen molar-refractivity contribution in [3.63, 3.8) is 0 Å². The third kappa shape index (κ3) is 5.70. The van der Waals surface area contributed by atoms with Crippen LogP contribution in [0.25, 0.3) is 0 Å². The van der Waals surface area contributed by atoms with E-state index in [1.54, 1.807) is 30.0 Å². The van der Waals surface area contributed by atoms with E-state index in [-0.39, 0.29) is 24.1 Å². The zero-order chi connectivity index (χ0) is 21.9.